The quantitative estimate of drug-likeness (QED) is 0.707. The van der Waals surface area contributed by atoms with Gasteiger partial charge in [-0.2, -0.15) is 0 Å². The van der Waals surface area contributed by atoms with Gasteiger partial charge >= 0.3 is 0 Å². The van der Waals surface area contributed by atoms with Gasteiger partial charge in [-0.05, 0) is 24.6 Å². The van der Waals surface area contributed by atoms with Crippen LogP contribution in [0, 0.1) is 0 Å². The fourth-order valence-electron chi connectivity index (χ4n) is 1.48. The molecule has 1 amide bonds. The van der Waals surface area contributed by atoms with Gasteiger partial charge in [0.2, 0.25) is 0 Å². The van der Waals surface area contributed by atoms with E-state index in [0.29, 0.717) is 5.82 Å². The van der Waals surface area contributed by atoms with Crippen LogP contribution in [0.2, 0.25) is 0 Å². The van der Waals surface area contributed by atoms with Crippen LogP contribution < -0.4 is 11.1 Å². The van der Waals surface area contributed by atoms with Crippen molar-refractivity contribution < 1.29 is 4.79 Å². The van der Waals surface area contributed by atoms with Crippen LogP contribution in [0.1, 0.15) is 22.7 Å². The molecule has 78 valence electrons. The largest absolute Gasteiger partial charge is 0.364 e. The molecular formula is C10H12N4O. The van der Waals surface area contributed by atoms with Gasteiger partial charge in [-0.25, -0.2) is 9.97 Å². The summed E-state index contributed by atoms with van der Waals surface area (Å²) in [6.07, 6.45) is 4.47. The molecule has 5 heteroatoms. The zero-order valence-corrected chi connectivity index (χ0v) is 8.23. The minimum Gasteiger partial charge on any atom is -0.364 e. The van der Waals surface area contributed by atoms with Gasteiger partial charge in [0.15, 0.2) is 5.82 Å². The van der Waals surface area contributed by atoms with Gasteiger partial charge in [0.05, 0.1) is 0 Å². The second-order valence-electron chi connectivity index (χ2n) is 3.31. The molecule has 2 heterocycles. The minimum atomic E-state index is -0.520. The van der Waals surface area contributed by atoms with Crippen molar-refractivity contribution in [2.75, 3.05) is 13.1 Å². The van der Waals surface area contributed by atoms with E-state index in [4.69, 9.17) is 5.73 Å². The van der Waals surface area contributed by atoms with E-state index in [9.17, 15) is 4.79 Å². The van der Waals surface area contributed by atoms with Crippen molar-refractivity contribution in [1.82, 2.24) is 15.3 Å². The summed E-state index contributed by atoms with van der Waals surface area (Å²) in [6.45, 7) is 1.73. The number of carbonyl (C=O) groups is 1. The van der Waals surface area contributed by atoms with Crippen LogP contribution in [0.25, 0.3) is 5.57 Å². The Morgan fingerprint density at radius 3 is 3.07 bits per heavy atom. The number of carbonyl (C=O) groups excluding carboxylic acids is 1. The number of rotatable bonds is 2. The molecule has 0 aromatic carbocycles. The summed E-state index contributed by atoms with van der Waals surface area (Å²) in [5.74, 6) is 0.0842. The molecule has 0 spiro atoms. The predicted octanol–water partition coefficient (Wildman–Crippen LogP) is -0.0478. The number of primary amides is 1. The fourth-order valence-corrected chi connectivity index (χ4v) is 1.48. The van der Waals surface area contributed by atoms with Crippen molar-refractivity contribution in [2.45, 2.75) is 6.42 Å². The molecule has 1 aliphatic rings. The molecule has 0 bridgehead atoms. The lowest BCUT2D eigenvalue weighted by Crippen LogP contribution is -2.21. The van der Waals surface area contributed by atoms with Gasteiger partial charge in [-0.1, -0.05) is 6.08 Å². The SMILES string of the molecule is NC(=O)c1ccnc(C2=CCNCC2)n1. The van der Waals surface area contributed by atoms with Crippen molar-refractivity contribution in [3.63, 3.8) is 0 Å². The van der Waals surface area contributed by atoms with Gasteiger partial charge in [0.25, 0.3) is 5.91 Å². The topological polar surface area (TPSA) is 80.9 Å². The maximum absolute atomic E-state index is 10.9. The lowest BCUT2D eigenvalue weighted by molar-refractivity contribution is 0.0995. The summed E-state index contributed by atoms with van der Waals surface area (Å²) >= 11 is 0. The molecule has 1 aromatic rings. The van der Waals surface area contributed by atoms with E-state index in [1.807, 2.05) is 6.08 Å². The first kappa shape index (κ1) is 9.79. The third-order valence-electron chi connectivity index (χ3n) is 2.26. The van der Waals surface area contributed by atoms with Gasteiger partial charge in [0.1, 0.15) is 5.69 Å². The molecule has 0 aliphatic carbocycles. The normalized spacial score (nSPS) is 15.9. The molecule has 0 unspecified atom stereocenters. The Morgan fingerprint density at radius 1 is 1.53 bits per heavy atom. The monoisotopic (exact) mass is 204 g/mol. The molecule has 0 atom stereocenters. The maximum Gasteiger partial charge on any atom is 0.267 e. The van der Waals surface area contributed by atoms with Crippen LogP contribution in [0.5, 0.6) is 0 Å². The lowest BCUT2D eigenvalue weighted by atomic mass is 10.1. The third kappa shape index (κ3) is 2.19. The average Bonchev–Trinajstić information content (AvgIpc) is 2.30. The molecule has 0 saturated heterocycles. The molecule has 5 nitrogen and oxygen atoms in total. The number of hydrogen-bond donors (Lipinski definition) is 2. The van der Waals surface area contributed by atoms with Gasteiger partial charge in [-0.3, -0.25) is 4.79 Å². The van der Waals surface area contributed by atoms with E-state index in [1.54, 1.807) is 6.20 Å². The van der Waals surface area contributed by atoms with Crippen molar-refractivity contribution in [3.05, 3.63) is 29.9 Å². The zero-order chi connectivity index (χ0) is 10.7. The molecule has 1 aromatic heterocycles. The Labute approximate surface area is 87.4 Å². The number of nitrogens with one attached hydrogen (secondary N) is 1. The number of nitrogens with zero attached hydrogens (tertiary/aromatic N) is 2. The highest BCUT2D eigenvalue weighted by Gasteiger charge is 2.10. The first-order valence-corrected chi connectivity index (χ1v) is 4.80. The van der Waals surface area contributed by atoms with Gasteiger partial charge in [-0.15, -0.1) is 0 Å². The summed E-state index contributed by atoms with van der Waals surface area (Å²) in [5, 5.41) is 3.20. The van der Waals surface area contributed by atoms with E-state index in [0.717, 1.165) is 25.1 Å². The van der Waals surface area contributed by atoms with Crippen LogP contribution in [0.3, 0.4) is 0 Å². The van der Waals surface area contributed by atoms with E-state index in [2.05, 4.69) is 15.3 Å². The molecule has 0 saturated carbocycles. The fraction of sp³-hybridized carbons (Fsp3) is 0.300. The standard InChI is InChI=1S/C10H12N4O/c11-9(15)8-3-6-13-10(14-8)7-1-4-12-5-2-7/h1,3,6,12H,2,4-5H2,(H2,11,15). The Bertz CT molecular complexity index is 414. The van der Waals surface area contributed by atoms with Crippen LogP contribution in [0.15, 0.2) is 18.3 Å². The number of nitrogens with two attached hydrogens (primary N) is 1. The molecule has 0 radical (unpaired) electrons. The van der Waals surface area contributed by atoms with Gasteiger partial charge in [0, 0.05) is 12.7 Å². The number of amides is 1. The van der Waals surface area contributed by atoms with Crippen molar-refractivity contribution in [2.24, 2.45) is 5.73 Å². The number of aromatic nitrogens is 2. The Hall–Kier alpha value is -1.75. The lowest BCUT2D eigenvalue weighted by Gasteiger charge is -2.12. The van der Waals surface area contributed by atoms with E-state index in [-0.39, 0.29) is 5.69 Å². The predicted molar refractivity (Wildman–Crippen MR) is 56.0 cm³/mol. The van der Waals surface area contributed by atoms with Crippen molar-refractivity contribution >= 4 is 11.5 Å². The Morgan fingerprint density at radius 2 is 2.40 bits per heavy atom. The van der Waals surface area contributed by atoms with Crippen molar-refractivity contribution in [3.8, 4) is 0 Å². The Balaban J connectivity index is 2.31. The van der Waals surface area contributed by atoms with E-state index < -0.39 is 5.91 Å². The minimum absolute atomic E-state index is 0.263. The summed E-state index contributed by atoms with van der Waals surface area (Å²) in [5.41, 5.74) is 6.48. The zero-order valence-electron chi connectivity index (χ0n) is 8.23. The van der Waals surface area contributed by atoms with Crippen LogP contribution in [0.4, 0.5) is 0 Å². The smallest absolute Gasteiger partial charge is 0.267 e. The molecule has 0 fully saturated rings. The molecule has 2 rings (SSSR count). The Kier molecular flexibility index (Phi) is 2.73. The summed E-state index contributed by atoms with van der Waals surface area (Å²) in [6, 6.07) is 1.52. The van der Waals surface area contributed by atoms with Gasteiger partial charge < -0.3 is 11.1 Å². The molecule has 3 N–H and O–H groups in total. The summed E-state index contributed by atoms with van der Waals surface area (Å²) in [7, 11) is 0. The summed E-state index contributed by atoms with van der Waals surface area (Å²) in [4.78, 5) is 19.2. The van der Waals surface area contributed by atoms with Crippen LogP contribution in [-0.4, -0.2) is 29.0 Å². The maximum atomic E-state index is 10.9. The molecule has 1 aliphatic heterocycles. The van der Waals surface area contributed by atoms with Crippen molar-refractivity contribution in [1.29, 1.82) is 0 Å². The van der Waals surface area contributed by atoms with Crippen LogP contribution >= 0.6 is 0 Å². The average molecular weight is 204 g/mol. The second-order valence-corrected chi connectivity index (χ2v) is 3.31. The van der Waals surface area contributed by atoms with Crippen LogP contribution in [-0.2, 0) is 0 Å². The number of hydrogen-bond acceptors (Lipinski definition) is 4. The van der Waals surface area contributed by atoms with E-state index in [1.165, 1.54) is 6.07 Å². The first-order chi connectivity index (χ1) is 7.27. The molecule has 15 heavy (non-hydrogen) atoms. The van der Waals surface area contributed by atoms with E-state index >= 15 is 0 Å². The highest BCUT2D eigenvalue weighted by atomic mass is 16.1. The third-order valence-corrected chi connectivity index (χ3v) is 2.26. The highest BCUT2D eigenvalue weighted by Crippen LogP contribution is 2.15. The second kappa shape index (κ2) is 4.18. The molecular weight excluding hydrogens is 192 g/mol. The highest BCUT2D eigenvalue weighted by molar-refractivity contribution is 5.90. The summed E-state index contributed by atoms with van der Waals surface area (Å²) < 4.78 is 0. The first-order valence-electron chi connectivity index (χ1n) is 4.80.